The number of carbonyl (C=O) groups excluding carboxylic acids is 3. The van der Waals surface area contributed by atoms with Crippen LogP contribution in [0, 0.1) is 0 Å². The van der Waals surface area contributed by atoms with Gasteiger partial charge < -0.3 is 18.9 Å². The molecular formula is C21H20O7. The maximum absolute atomic E-state index is 12.5. The van der Waals surface area contributed by atoms with Crippen LogP contribution in [0.1, 0.15) is 34.6 Å². The van der Waals surface area contributed by atoms with Crippen LogP contribution in [0.15, 0.2) is 60.7 Å². The van der Waals surface area contributed by atoms with E-state index < -0.39 is 42.5 Å². The van der Waals surface area contributed by atoms with Gasteiger partial charge in [-0.1, -0.05) is 36.4 Å². The summed E-state index contributed by atoms with van der Waals surface area (Å²) >= 11 is 0. The average molecular weight is 384 g/mol. The van der Waals surface area contributed by atoms with Crippen LogP contribution in [0.3, 0.4) is 0 Å². The Balaban J connectivity index is 1.80. The standard InChI is InChI=1S/C21H20O7/c1-13-17(27-19(23)15-9-5-3-6-10-15)18(21(25-13)26-14(2)22)28-20(24)16-11-7-4-8-12-16/h3-13,17-18,21H,1-2H3/t13-,17+,18-,21-/m0/s1. The highest BCUT2D eigenvalue weighted by Crippen LogP contribution is 2.29. The topological polar surface area (TPSA) is 88.1 Å². The van der Waals surface area contributed by atoms with Gasteiger partial charge in [-0.15, -0.1) is 0 Å². The first-order valence-corrected chi connectivity index (χ1v) is 8.80. The Bertz CT molecular complexity index is 834. The van der Waals surface area contributed by atoms with Crippen LogP contribution in [-0.4, -0.2) is 42.5 Å². The number of ether oxygens (including phenoxy) is 4. The molecule has 3 rings (SSSR count). The van der Waals surface area contributed by atoms with Crippen molar-refractivity contribution in [2.45, 2.75) is 38.4 Å². The lowest BCUT2D eigenvalue weighted by Gasteiger charge is -2.23. The molecule has 0 N–H and O–H groups in total. The average Bonchev–Trinajstić information content (AvgIpc) is 2.97. The number of carbonyl (C=O) groups is 3. The van der Waals surface area contributed by atoms with Gasteiger partial charge in [0.05, 0.1) is 11.1 Å². The smallest absolute Gasteiger partial charge is 0.338 e. The fourth-order valence-corrected chi connectivity index (χ4v) is 2.86. The number of hydrogen-bond acceptors (Lipinski definition) is 7. The number of esters is 3. The van der Waals surface area contributed by atoms with Crippen LogP contribution in [0.4, 0.5) is 0 Å². The van der Waals surface area contributed by atoms with Crippen LogP contribution >= 0.6 is 0 Å². The lowest BCUT2D eigenvalue weighted by Crippen LogP contribution is -2.41. The second-order valence-corrected chi connectivity index (χ2v) is 6.29. The lowest BCUT2D eigenvalue weighted by atomic mass is 10.1. The molecule has 0 radical (unpaired) electrons. The van der Waals surface area contributed by atoms with Crippen molar-refractivity contribution in [3.8, 4) is 0 Å². The molecule has 4 atom stereocenters. The summed E-state index contributed by atoms with van der Waals surface area (Å²) in [5.41, 5.74) is 0.663. The molecule has 7 heteroatoms. The van der Waals surface area contributed by atoms with Gasteiger partial charge in [-0.2, -0.15) is 0 Å². The molecule has 2 aromatic carbocycles. The molecular weight excluding hydrogens is 364 g/mol. The summed E-state index contributed by atoms with van der Waals surface area (Å²) in [7, 11) is 0. The maximum Gasteiger partial charge on any atom is 0.338 e. The number of hydrogen-bond donors (Lipinski definition) is 0. The molecule has 0 aromatic heterocycles. The van der Waals surface area contributed by atoms with E-state index in [0.717, 1.165) is 0 Å². The van der Waals surface area contributed by atoms with Gasteiger partial charge in [0, 0.05) is 6.92 Å². The van der Waals surface area contributed by atoms with E-state index in [9.17, 15) is 14.4 Å². The van der Waals surface area contributed by atoms with Crippen LogP contribution < -0.4 is 0 Å². The second-order valence-electron chi connectivity index (χ2n) is 6.29. The van der Waals surface area contributed by atoms with Gasteiger partial charge in [0.15, 0.2) is 6.10 Å². The van der Waals surface area contributed by atoms with Crippen LogP contribution in [0.2, 0.25) is 0 Å². The molecule has 0 spiro atoms. The van der Waals surface area contributed by atoms with Crippen LogP contribution in [-0.2, 0) is 23.7 Å². The third-order valence-electron chi connectivity index (χ3n) is 4.19. The van der Waals surface area contributed by atoms with Crippen molar-refractivity contribution in [1.82, 2.24) is 0 Å². The van der Waals surface area contributed by atoms with Crippen molar-refractivity contribution in [3.63, 3.8) is 0 Å². The number of benzene rings is 2. The third kappa shape index (κ3) is 4.55. The summed E-state index contributed by atoms with van der Waals surface area (Å²) in [5.74, 6) is -1.83. The van der Waals surface area contributed by atoms with Crippen molar-refractivity contribution >= 4 is 17.9 Å². The van der Waals surface area contributed by atoms with Crippen molar-refractivity contribution in [3.05, 3.63) is 71.8 Å². The summed E-state index contributed by atoms with van der Waals surface area (Å²) in [6, 6.07) is 16.7. The minimum atomic E-state index is -1.17. The Morgan fingerprint density at radius 2 is 1.21 bits per heavy atom. The van der Waals surface area contributed by atoms with Gasteiger partial charge >= 0.3 is 17.9 Å². The highest BCUT2D eigenvalue weighted by atomic mass is 16.7. The van der Waals surface area contributed by atoms with Gasteiger partial charge in [-0.25, -0.2) is 9.59 Å². The molecule has 7 nitrogen and oxygen atoms in total. The van der Waals surface area contributed by atoms with Gasteiger partial charge in [-0.3, -0.25) is 4.79 Å². The van der Waals surface area contributed by atoms with E-state index in [1.54, 1.807) is 67.6 Å². The minimum absolute atomic E-state index is 0.316. The first kappa shape index (κ1) is 19.6. The molecule has 2 aromatic rings. The lowest BCUT2D eigenvalue weighted by molar-refractivity contribution is -0.185. The van der Waals surface area contributed by atoms with Crippen molar-refractivity contribution < 1.29 is 33.3 Å². The molecule has 0 unspecified atom stereocenters. The Labute approximate surface area is 162 Å². The minimum Gasteiger partial charge on any atom is -0.452 e. The number of rotatable bonds is 5. The predicted octanol–water partition coefficient (Wildman–Crippen LogP) is 2.75. The van der Waals surface area contributed by atoms with Gasteiger partial charge in [0.2, 0.25) is 12.4 Å². The quantitative estimate of drug-likeness (QED) is 0.578. The molecule has 1 aliphatic rings. The maximum atomic E-state index is 12.5. The molecule has 146 valence electrons. The van der Waals surface area contributed by atoms with Crippen molar-refractivity contribution in [2.24, 2.45) is 0 Å². The molecule has 1 saturated heterocycles. The third-order valence-corrected chi connectivity index (χ3v) is 4.19. The molecule has 0 saturated carbocycles. The van der Waals surface area contributed by atoms with E-state index in [-0.39, 0.29) is 0 Å². The second kappa shape index (κ2) is 8.67. The molecule has 28 heavy (non-hydrogen) atoms. The van der Waals surface area contributed by atoms with Crippen LogP contribution in [0.25, 0.3) is 0 Å². The van der Waals surface area contributed by atoms with Gasteiger partial charge in [0.1, 0.15) is 6.10 Å². The fourth-order valence-electron chi connectivity index (χ4n) is 2.86. The summed E-state index contributed by atoms with van der Waals surface area (Å²) in [5, 5.41) is 0. The largest absolute Gasteiger partial charge is 0.452 e. The summed E-state index contributed by atoms with van der Waals surface area (Å²) < 4.78 is 21.7. The van der Waals surface area contributed by atoms with E-state index in [2.05, 4.69) is 0 Å². The summed E-state index contributed by atoms with van der Waals surface area (Å²) in [6.07, 6.45) is -3.86. The fraction of sp³-hybridized carbons (Fsp3) is 0.286. The SMILES string of the molecule is CC(=O)O[C@@H]1O[C@@H](C)[C@@H](OC(=O)c2ccccc2)[C@@H]1OC(=O)c1ccccc1. The molecule has 1 heterocycles. The van der Waals surface area contributed by atoms with E-state index in [4.69, 9.17) is 18.9 Å². The Hall–Kier alpha value is -3.19. The molecule has 0 bridgehead atoms. The monoisotopic (exact) mass is 384 g/mol. The zero-order chi connectivity index (χ0) is 20.1. The summed E-state index contributed by atoms with van der Waals surface area (Å²) in [6.45, 7) is 2.86. The molecule has 1 fully saturated rings. The summed E-state index contributed by atoms with van der Waals surface area (Å²) in [4.78, 5) is 36.3. The van der Waals surface area contributed by atoms with Crippen molar-refractivity contribution in [2.75, 3.05) is 0 Å². The molecule has 0 amide bonds. The van der Waals surface area contributed by atoms with E-state index in [1.807, 2.05) is 0 Å². The zero-order valence-corrected chi connectivity index (χ0v) is 15.4. The zero-order valence-electron chi connectivity index (χ0n) is 15.4. The predicted molar refractivity (Wildman–Crippen MR) is 97.4 cm³/mol. The Morgan fingerprint density at radius 1 is 0.750 bits per heavy atom. The first-order chi connectivity index (χ1) is 13.5. The van der Waals surface area contributed by atoms with E-state index in [0.29, 0.717) is 11.1 Å². The van der Waals surface area contributed by atoms with Crippen LogP contribution in [0.5, 0.6) is 0 Å². The normalized spacial score (nSPS) is 23.6. The van der Waals surface area contributed by atoms with Crippen molar-refractivity contribution in [1.29, 1.82) is 0 Å². The Kier molecular flexibility index (Phi) is 6.06. The highest BCUT2D eigenvalue weighted by molar-refractivity contribution is 5.90. The molecule has 1 aliphatic heterocycles. The van der Waals surface area contributed by atoms with Gasteiger partial charge in [0.25, 0.3) is 0 Å². The van der Waals surface area contributed by atoms with Gasteiger partial charge in [-0.05, 0) is 31.2 Å². The molecule has 0 aliphatic carbocycles. The first-order valence-electron chi connectivity index (χ1n) is 8.80. The van der Waals surface area contributed by atoms with E-state index >= 15 is 0 Å². The Morgan fingerprint density at radius 3 is 1.68 bits per heavy atom. The highest BCUT2D eigenvalue weighted by Gasteiger charge is 2.49. The van der Waals surface area contributed by atoms with E-state index in [1.165, 1.54) is 6.92 Å².